The molecule has 3 heteroatoms. The van der Waals surface area contributed by atoms with Crippen molar-refractivity contribution in [3.8, 4) is 5.75 Å². The van der Waals surface area contributed by atoms with Crippen LogP contribution in [0, 0.1) is 6.92 Å². The average Bonchev–Trinajstić information content (AvgIpc) is 2.81. The number of para-hydroxylation sites is 2. The van der Waals surface area contributed by atoms with Crippen LogP contribution in [-0.4, -0.2) is 17.1 Å². The molecule has 0 atom stereocenters. The molecule has 95 valence electrons. The number of imidazole rings is 1. The Morgan fingerprint density at radius 2 is 1.89 bits per heavy atom. The topological polar surface area (TPSA) is 37.9 Å². The van der Waals surface area contributed by atoms with Crippen molar-refractivity contribution >= 4 is 11.0 Å². The number of nitrogens with zero attached hydrogens (tertiary/aromatic N) is 1. The minimum Gasteiger partial charge on any atom is -0.496 e. The molecule has 1 aromatic heterocycles. The van der Waals surface area contributed by atoms with Gasteiger partial charge in [-0.25, -0.2) is 4.98 Å². The Morgan fingerprint density at radius 3 is 2.74 bits per heavy atom. The van der Waals surface area contributed by atoms with E-state index in [1.54, 1.807) is 7.11 Å². The normalized spacial score (nSPS) is 10.8. The molecule has 0 amide bonds. The Bertz CT molecular complexity index is 716. The minimum atomic E-state index is 0.697. The van der Waals surface area contributed by atoms with Crippen LogP contribution in [0.15, 0.2) is 42.5 Å². The quantitative estimate of drug-likeness (QED) is 0.775. The summed E-state index contributed by atoms with van der Waals surface area (Å²) in [5.41, 5.74) is 4.34. The lowest BCUT2D eigenvalue weighted by atomic mass is 10.0. The van der Waals surface area contributed by atoms with Gasteiger partial charge < -0.3 is 9.72 Å². The van der Waals surface area contributed by atoms with Crippen molar-refractivity contribution in [1.29, 1.82) is 0 Å². The van der Waals surface area contributed by atoms with Crippen LogP contribution in [0.2, 0.25) is 0 Å². The van der Waals surface area contributed by atoms with E-state index in [4.69, 9.17) is 4.74 Å². The maximum atomic E-state index is 5.39. The smallest absolute Gasteiger partial charge is 0.122 e. The van der Waals surface area contributed by atoms with Gasteiger partial charge in [-0.05, 0) is 23.3 Å². The van der Waals surface area contributed by atoms with Crippen molar-refractivity contribution < 1.29 is 4.74 Å². The van der Waals surface area contributed by atoms with E-state index < -0.39 is 0 Å². The lowest BCUT2D eigenvalue weighted by Crippen LogP contribution is -1.94. The highest BCUT2D eigenvalue weighted by Crippen LogP contribution is 2.24. The third kappa shape index (κ3) is 2.19. The molecule has 0 bridgehead atoms. The van der Waals surface area contributed by atoms with Gasteiger partial charge in [-0.1, -0.05) is 30.3 Å². The fourth-order valence-corrected chi connectivity index (χ4v) is 2.34. The van der Waals surface area contributed by atoms with Crippen molar-refractivity contribution in [2.45, 2.75) is 6.42 Å². The van der Waals surface area contributed by atoms with E-state index in [0.717, 1.165) is 28.8 Å². The Hall–Kier alpha value is -2.29. The van der Waals surface area contributed by atoms with Gasteiger partial charge in [0.25, 0.3) is 0 Å². The Labute approximate surface area is 112 Å². The first-order chi connectivity index (χ1) is 9.28. The molecule has 1 N–H and O–H groups in total. The second-order valence-electron chi connectivity index (χ2n) is 4.49. The Morgan fingerprint density at radius 1 is 1.11 bits per heavy atom. The molecule has 0 fully saturated rings. The first kappa shape index (κ1) is 11.8. The van der Waals surface area contributed by atoms with Crippen molar-refractivity contribution in [1.82, 2.24) is 9.97 Å². The molecule has 0 saturated heterocycles. The molecule has 0 spiro atoms. The zero-order chi connectivity index (χ0) is 13.2. The number of aromatic amines is 1. The van der Waals surface area contributed by atoms with E-state index in [9.17, 15) is 0 Å². The summed E-state index contributed by atoms with van der Waals surface area (Å²) in [6, 6.07) is 14.2. The molecule has 0 saturated carbocycles. The summed E-state index contributed by atoms with van der Waals surface area (Å²) in [5, 5.41) is 0. The van der Waals surface area contributed by atoms with Gasteiger partial charge in [0.1, 0.15) is 11.6 Å². The zero-order valence-electron chi connectivity index (χ0n) is 10.8. The number of ether oxygens (including phenoxy) is 1. The highest BCUT2D eigenvalue weighted by Gasteiger charge is 2.08. The van der Waals surface area contributed by atoms with Gasteiger partial charge in [-0.15, -0.1) is 0 Å². The molecule has 0 unspecified atom stereocenters. The molecule has 0 aliphatic heterocycles. The van der Waals surface area contributed by atoms with Gasteiger partial charge in [-0.2, -0.15) is 0 Å². The second-order valence-corrected chi connectivity index (χ2v) is 4.49. The fraction of sp³-hybridized carbons (Fsp3) is 0.125. The van der Waals surface area contributed by atoms with Gasteiger partial charge in [0.05, 0.1) is 18.1 Å². The maximum absolute atomic E-state index is 5.39. The maximum Gasteiger partial charge on any atom is 0.122 e. The van der Waals surface area contributed by atoms with Crippen LogP contribution >= 0.6 is 0 Å². The molecule has 2 aromatic carbocycles. The zero-order valence-corrected chi connectivity index (χ0v) is 10.8. The highest BCUT2D eigenvalue weighted by atomic mass is 16.5. The standard InChI is InChI=1S/C16H15N2O/c1-11-17-14-8-5-7-13(16(14)18-11)10-12-6-3-4-9-15(12)19-2/h3-9H,1,10H2,2H3,(H,17,18). The van der Waals surface area contributed by atoms with Crippen LogP contribution in [0.5, 0.6) is 5.75 Å². The summed E-state index contributed by atoms with van der Waals surface area (Å²) >= 11 is 0. The van der Waals surface area contributed by atoms with Gasteiger partial charge in [0, 0.05) is 13.3 Å². The van der Waals surface area contributed by atoms with Gasteiger partial charge in [0.15, 0.2) is 0 Å². The number of hydrogen-bond donors (Lipinski definition) is 1. The molecular weight excluding hydrogens is 236 g/mol. The van der Waals surface area contributed by atoms with Crippen LogP contribution in [0.25, 0.3) is 11.0 Å². The first-order valence-electron chi connectivity index (χ1n) is 6.19. The van der Waals surface area contributed by atoms with E-state index >= 15 is 0 Å². The first-order valence-corrected chi connectivity index (χ1v) is 6.19. The van der Waals surface area contributed by atoms with Crippen molar-refractivity contribution in [2.75, 3.05) is 7.11 Å². The molecule has 1 heterocycles. The number of nitrogens with one attached hydrogen (secondary N) is 1. The molecule has 0 aliphatic carbocycles. The summed E-state index contributed by atoms with van der Waals surface area (Å²) in [5.74, 6) is 1.60. The Kier molecular flexibility index (Phi) is 2.95. The van der Waals surface area contributed by atoms with Crippen LogP contribution < -0.4 is 4.74 Å². The summed E-state index contributed by atoms with van der Waals surface area (Å²) in [4.78, 5) is 7.62. The number of benzene rings is 2. The summed E-state index contributed by atoms with van der Waals surface area (Å²) in [6.07, 6.45) is 0.797. The van der Waals surface area contributed by atoms with E-state index in [2.05, 4.69) is 29.0 Å². The third-order valence-corrected chi connectivity index (χ3v) is 3.22. The van der Waals surface area contributed by atoms with Crippen molar-refractivity contribution in [3.05, 3.63) is 66.3 Å². The van der Waals surface area contributed by atoms with Gasteiger partial charge in [-0.3, -0.25) is 0 Å². The van der Waals surface area contributed by atoms with Crippen LogP contribution in [0.4, 0.5) is 0 Å². The van der Waals surface area contributed by atoms with Gasteiger partial charge in [0.2, 0.25) is 0 Å². The van der Waals surface area contributed by atoms with E-state index in [1.165, 1.54) is 5.56 Å². The summed E-state index contributed by atoms with van der Waals surface area (Å²) < 4.78 is 5.39. The number of rotatable bonds is 3. The van der Waals surface area contributed by atoms with Crippen molar-refractivity contribution in [2.24, 2.45) is 0 Å². The van der Waals surface area contributed by atoms with Crippen LogP contribution in [0.3, 0.4) is 0 Å². The predicted octanol–water partition coefficient (Wildman–Crippen LogP) is 3.34. The summed E-state index contributed by atoms with van der Waals surface area (Å²) in [6.45, 7) is 3.85. The lowest BCUT2D eigenvalue weighted by Gasteiger charge is -2.08. The number of hydrogen-bond acceptors (Lipinski definition) is 2. The number of fused-ring (bicyclic) bond motifs is 1. The molecule has 0 aliphatic rings. The minimum absolute atomic E-state index is 0.697. The van der Waals surface area contributed by atoms with Crippen LogP contribution in [0.1, 0.15) is 17.0 Å². The molecule has 3 aromatic rings. The number of methoxy groups -OCH3 is 1. The Balaban J connectivity index is 2.05. The lowest BCUT2D eigenvalue weighted by molar-refractivity contribution is 0.410. The number of aromatic nitrogens is 2. The largest absolute Gasteiger partial charge is 0.496 e. The molecular formula is C16H15N2O. The monoisotopic (exact) mass is 251 g/mol. The summed E-state index contributed by atoms with van der Waals surface area (Å²) in [7, 11) is 1.70. The van der Waals surface area contributed by atoms with Crippen molar-refractivity contribution in [3.63, 3.8) is 0 Å². The SMILES string of the molecule is [CH2]c1nc2c(Cc3ccccc3OC)cccc2[nH]1. The second kappa shape index (κ2) is 4.76. The van der Waals surface area contributed by atoms with Crippen LogP contribution in [-0.2, 0) is 6.42 Å². The average molecular weight is 251 g/mol. The highest BCUT2D eigenvalue weighted by molar-refractivity contribution is 5.79. The molecule has 19 heavy (non-hydrogen) atoms. The third-order valence-electron chi connectivity index (χ3n) is 3.22. The predicted molar refractivity (Wildman–Crippen MR) is 76.4 cm³/mol. The van der Waals surface area contributed by atoms with Gasteiger partial charge >= 0.3 is 0 Å². The van der Waals surface area contributed by atoms with E-state index in [-0.39, 0.29) is 0 Å². The van der Waals surface area contributed by atoms with E-state index in [0.29, 0.717) is 5.82 Å². The molecule has 3 rings (SSSR count). The van der Waals surface area contributed by atoms with E-state index in [1.807, 2.05) is 30.3 Å². The fourth-order valence-electron chi connectivity index (χ4n) is 2.34. The molecule has 3 nitrogen and oxygen atoms in total. The number of H-pyrrole nitrogens is 1. The molecule has 1 radical (unpaired) electrons.